The van der Waals surface area contributed by atoms with Crippen molar-refractivity contribution in [2.24, 2.45) is 0 Å². The largest absolute Gasteiger partial charge is 0.497 e. The van der Waals surface area contributed by atoms with Crippen molar-refractivity contribution in [3.05, 3.63) is 59.7 Å². The quantitative estimate of drug-likeness (QED) is 0.808. The maximum absolute atomic E-state index is 5.93. The molecule has 3 nitrogen and oxygen atoms in total. The fraction of sp³-hybridized carbons (Fsp3) is 0.250. The van der Waals surface area contributed by atoms with Gasteiger partial charge in [0, 0.05) is 18.3 Å². The fourth-order valence-corrected chi connectivity index (χ4v) is 1.99. The molecule has 0 spiro atoms. The minimum Gasteiger partial charge on any atom is -0.497 e. The summed E-state index contributed by atoms with van der Waals surface area (Å²) < 4.78 is 5.24. The van der Waals surface area contributed by atoms with Crippen molar-refractivity contribution >= 4 is 5.69 Å². The number of methoxy groups -OCH3 is 1. The van der Waals surface area contributed by atoms with Crippen LogP contribution in [-0.2, 0) is 6.54 Å². The molecule has 0 saturated carbocycles. The molecule has 0 saturated heterocycles. The molecular weight excluding hydrogens is 236 g/mol. The number of hydrogen-bond acceptors (Lipinski definition) is 3. The molecule has 2 rings (SSSR count). The average molecular weight is 256 g/mol. The van der Waals surface area contributed by atoms with Crippen molar-refractivity contribution in [2.45, 2.75) is 19.5 Å². The Kier molecular flexibility index (Phi) is 4.42. The highest BCUT2D eigenvalue weighted by molar-refractivity contribution is 5.46. The first-order valence-electron chi connectivity index (χ1n) is 6.41. The molecule has 3 N–H and O–H groups in total. The second kappa shape index (κ2) is 6.25. The van der Waals surface area contributed by atoms with Crippen LogP contribution in [0.15, 0.2) is 48.5 Å². The lowest BCUT2D eigenvalue weighted by atomic mass is 10.1. The van der Waals surface area contributed by atoms with Gasteiger partial charge in [-0.2, -0.15) is 0 Å². The molecule has 0 heterocycles. The molecule has 100 valence electrons. The Hall–Kier alpha value is -2.00. The van der Waals surface area contributed by atoms with Crippen LogP contribution in [-0.4, -0.2) is 7.11 Å². The van der Waals surface area contributed by atoms with Crippen LogP contribution in [0.5, 0.6) is 5.75 Å². The molecule has 0 aliphatic heterocycles. The molecule has 3 heteroatoms. The Bertz CT molecular complexity index is 540. The van der Waals surface area contributed by atoms with E-state index in [9.17, 15) is 0 Å². The van der Waals surface area contributed by atoms with E-state index < -0.39 is 0 Å². The molecule has 2 aromatic carbocycles. The Labute approximate surface area is 114 Å². The zero-order valence-corrected chi connectivity index (χ0v) is 11.4. The molecule has 0 amide bonds. The summed E-state index contributed by atoms with van der Waals surface area (Å²) in [6, 6.07) is 16.3. The van der Waals surface area contributed by atoms with Gasteiger partial charge in [0.05, 0.1) is 7.11 Å². The summed E-state index contributed by atoms with van der Waals surface area (Å²) in [5.74, 6) is 0.880. The van der Waals surface area contributed by atoms with E-state index in [0.717, 1.165) is 23.5 Å². The van der Waals surface area contributed by atoms with Gasteiger partial charge in [-0.3, -0.25) is 0 Å². The number of nitrogen functional groups attached to an aromatic ring is 1. The lowest BCUT2D eigenvalue weighted by Gasteiger charge is -2.16. The summed E-state index contributed by atoms with van der Waals surface area (Å²) in [6.07, 6.45) is 0. The number of nitrogens with two attached hydrogens (primary N) is 1. The van der Waals surface area contributed by atoms with Gasteiger partial charge in [0.15, 0.2) is 0 Å². The van der Waals surface area contributed by atoms with E-state index in [1.807, 2.05) is 42.5 Å². The Balaban J connectivity index is 2.01. The first-order valence-corrected chi connectivity index (χ1v) is 6.41. The molecule has 0 radical (unpaired) electrons. The molecule has 0 aliphatic rings. The van der Waals surface area contributed by atoms with Crippen LogP contribution in [0.4, 0.5) is 5.69 Å². The number of ether oxygens (including phenoxy) is 1. The third-order valence-corrected chi connectivity index (χ3v) is 3.25. The second-order valence-corrected chi connectivity index (χ2v) is 4.58. The first kappa shape index (κ1) is 13.4. The fourth-order valence-electron chi connectivity index (χ4n) is 1.99. The highest BCUT2D eigenvalue weighted by Gasteiger charge is 2.06. The zero-order valence-electron chi connectivity index (χ0n) is 11.4. The number of rotatable bonds is 5. The maximum Gasteiger partial charge on any atom is 0.119 e. The SMILES string of the molecule is COc1cccc(C(C)NCc2ccccc2N)c1. The smallest absolute Gasteiger partial charge is 0.119 e. The van der Waals surface area contributed by atoms with Gasteiger partial charge in [-0.15, -0.1) is 0 Å². The van der Waals surface area contributed by atoms with Crippen molar-refractivity contribution < 1.29 is 4.74 Å². The number of benzene rings is 2. The number of nitrogens with one attached hydrogen (secondary N) is 1. The number of hydrogen-bond donors (Lipinski definition) is 2. The van der Waals surface area contributed by atoms with E-state index in [-0.39, 0.29) is 6.04 Å². The number of para-hydroxylation sites is 1. The van der Waals surface area contributed by atoms with E-state index >= 15 is 0 Å². The Morgan fingerprint density at radius 3 is 2.68 bits per heavy atom. The van der Waals surface area contributed by atoms with Crippen LogP contribution < -0.4 is 15.8 Å². The van der Waals surface area contributed by atoms with Gasteiger partial charge in [0.2, 0.25) is 0 Å². The maximum atomic E-state index is 5.93. The molecular formula is C16H20N2O. The van der Waals surface area contributed by atoms with Crippen molar-refractivity contribution in [3.63, 3.8) is 0 Å². The standard InChI is InChI=1S/C16H20N2O/c1-12(13-7-5-8-15(10-13)19-2)18-11-14-6-3-4-9-16(14)17/h3-10,12,18H,11,17H2,1-2H3. The average Bonchev–Trinajstić information content (AvgIpc) is 2.46. The van der Waals surface area contributed by atoms with Crippen molar-refractivity contribution in [3.8, 4) is 5.75 Å². The summed E-state index contributed by atoms with van der Waals surface area (Å²) in [6.45, 7) is 2.89. The Morgan fingerprint density at radius 2 is 1.95 bits per heavy atom. The van der Waals surface area contributed by atoms with Crippen LogP contribution in [0.3, 0.4) is 0 Å². The van der Waals surface area contributed by atoms with Gasteiger partial charge in [0.25, 0.3) is 0 Å². The summed E-state index contributed by atoms with van der Waals surface area (Å²) in [4.78, 5) is 0. The van der Waals surface area contributed by atoms with E-state index in [1.54, 1.807) is 7.11 Å². The van der Waals surface area contributed by atoms with Crippen LogP contribution in [0.25, 0.3) is 0 Å². The van der Waals surface area contributed by atoms with E-state index in [0.29, 0.717) is 0 Å². The third-order valence-electron chi connectivity index (χ3n) is 3.25. The van der Waals surface area contributed by atoms with Gasteiger partial charge in [-0.25, -0.2) is 0 Å². The molecule has 1 unspecified atom stereocenters. The van der Waals surface area contributed by atoms with Crippen molar-refractivity contribution in [2.75, 3.05) is 12.8 Å². The third kappa shape index (κ3) is 3.48. The minimum absolute atomic E-state index is 0.245. The summed E-state index contributed by atoms with van der Waals surface area (Å²) in [5.41, 5.74) is 9.08. The normalized spacial score (nSPS) is 12.1. The highest BCUT2D eigenvalue weighted by atomic mass is 16.5. The lowest BCUT2D eigenvalue weighted by Crippen LogP contribution is -2.18. The molecule has 0 fully saturated rings. The molecule has 0 bridgehead atoms. The second-order valence-electron chi connectivity index (χ2n) is 4.58. The minimum atomic E-state index is 0.245. The van der Waals surface area contributed by atoms with Crippen LogP contribution in [0.1, 0.15) is 24.1 Å². The van der Waals surface area contributed by atoms with Crippen molar-refractivity contribution in [1.82, 2.24) is 5.32 Å². The van der Waals surface area contributed by atoms with Gasteiger partial charge in [0.1, 0.15) is 5.75 Å². The van der Waals surface area contributed by atoms with Crippen LogP contribution in [0.2, 0.25) is 0 Å². The van der Waals surface area contributed by atoms with Crippen LogP contribution in [0, 0.1) is 0 Å². The van der Waals surface area contributed by atoms with Gasteiger partial charge in [-0.1, -0.05) is 30.3 Å². The summed E-state index contributed by atoms with van der Waals surface area (Å²) in [7, 11) is 1.68. The summed E-state index contributed by atoms with van der Waals surface area (Å²) >= 11 is 0. The lowest BCUT2D eigenvalue weighted by molar-refractivity contribution is 0.413. The van der Waals surface area contributed by atoms with E-state index in [4.69, 9.17) is 10.5 Å². The summed E-state index contributed by atoms with van der Waals surface area (Å²) in [5, 5.41) is 3.47. The monoisotopic (exact) mass is 256 g/mol. The molecule has 19 heavy (non-hydrogen) atoms. The van der Waals surface area contributed by atoms with E-state index in [2.05, 4.69) is 18.3 Å². The molecule has 0 aromatic heterocycles. The van der Waals surface area contributed by atoms with Gasteiger partial charge in [-0.05, 0) is 36.2 Å². The van der Waals surface area contributed by atoms with Gasteiger partial charge < -0.3 is 15.8 Å². The zero-order chi connectivity index (χ0) is 13.7. The van der Waals surface area contributed by atoms with Crippen molar-refractivity contribution in [1.29, 1.82) is 0 Å². The molecule has 2 aromatic rings. The predicted molar refractivity (Wildman–Crippen MR) is 79.1 cm³/mol. The highest BCUT2D eigenvalue weighted by Crippen LogP contribution is 2.19. The predicted octanol–water partition coefficient (Wildman–Crippen LogP) is 3.13. The Morgan fingerprint density at radius 1 is 1.16 bits per heavy atom. The topological polar surface area (TPSA) is 47.3 Å². The number of anilines is 1. The molecule has 1 atom stereocenters. The van der Waals surface area contributed by atoms with Gasteiger partial charge >= 0.3 is 0 Å². The molecule has 0 aliphatic carbocycles. The van der Waals surface area contributed by atoms with Crippen LogP contribution >= 0.6 is 0 Å². The first-order chi connectivity index (χ1) is 9.20. The van der Waals surface area contributed by atoms with E-state index in [1.165, 1.54) is 5.56 Å².